The summed E-state index contributed by atoms with van der Waals surface area (Å²) in [6.07, 6.45) is 3.62. The number of hydrogen-bond donors (Lipinski definition) is 1. The van der Waals surface area contributed by atoms with Crippen LogP contribution in [0.3, 0.4) is 0 Å². The molecule has 3 aromatic rings. The molecule has 1 N–H and O–H groups in total. The molecule has 2 aromatic heterocycles. The van der Waals surface area contributed by atoms with Gasteiger partial charge in [0.1, 0.15) is 6.10 Å². The van der Waals surface area contributed by atoms with Crippen molar-refractivity contribution in [2.45, 2.75) is 18.9 Å². The SMILES string of the molecule is CN(C)c1ccc(OC2CCCN(C(=O)c3ccc4[nH]ccc4c3)C2)nn1. The van der Waals surface area contributed by atoms with Gasteiger partial charge in [-0.15, -0.1) is 10.2 Å². The molecule has 0 aliphatic carbocycles. The molecule has 1 aliphatic rings. The van der Waals surface area contributed by atoms with Crippen LogP contribution < -0.4 is 9.64 Å². The fourth-order valence-electron chi connectivity index (χ4n) is 3.37. The van der Waals surface area contributed by atoms with Gasteiger partial charge in [-0.2, -0.15) is 0 Å². The minimum Gasteiger partial charge on any atom is -0.471 e. The van der Waals surface area contributed by atoms with E-state index < -0.39 is 0 Å². The number of amides is 1. The van der Waals surface area contributed by atoms with Gasteiger partial charge in [0.05, 0.1) is 6.54 Å². The van der Waals surface area contributed by atoms with Gasteiger partial charge in [-0.3, -0.25) is 4.79 Å². The lowest BCUT2D eigenvalue weighted by Crippen LogP contribution is -2.44. The van der Waals surface area contributed by atoms with Gasteiger partial charge in [0.15, 0.2) is 5.82 Å². The maximum absolute atomic E-state index is 12.9. The Hall–Kier alpha value is -3.09. The molecule has 7 nitrogen and oxygen atoms in total. The summed E-state index contributed by atoms with van der Waals surface area (Å²) in [4.78, 5) is 19.8. The molecule has 140 valence electrons. The van der Waals surface area contributed by atoms with Crippen LogP contribution >= 0.6 is 0 Å². The minimum absolute atomic E-state index is 0.0421. The Kier molecular flexibility index (Phi) is 4.66. The topological polar surface area (TPSA) is 74.3 Å². The zero-order valence-electron chi connectivity index (χ0n) is 15.6. The zero-order valence-corrected chi connectivity index (χ0v) is 15.6. The van der Waals surface area contributed by atoms with Gasteiger partial charge in [0.25, 0.3) is 5.91 Å². The van der Waals surface area contributed by atoms with E-state index in [0.717, 1.165) is 36.1 Å². The summed E-state index contributed by atoms with van der Waals surface area (Å²) in [5.74, 6) is 1.32. The summed E-state index contributed by atoms with van der Waals surface area (Å²) >= 11 is 0. The van der Waals surface area contributed by atoms with Crippen molar-refractivity contribution < 1.29 is 9.53 Å². The van der Waals surface area contributed by atoms with Gasteiger partial charge < -0.3 is 19.5 Å². The van der Waals surface area contributed by atoms with Gasteiger partial charge in [-0.05, 0) is 43.2 Å². The number of carbonyl (C=O) groups excluding carboxylic acids is 1. The Morgan fingerprint density at radius 2 is 2.11 bits per heavy atom. The maximum Gasteiger partial charge on any atom is 0.254 e. The van der Waals surface area contributed by atoms with Gasteiger partial charge in [-0.1, -0.05) is 0 Å². The Labute approximate surface area is 157 Å². The van der Waals surface area contributed by atoms with Crippen molar-refractivity contribution in [3.8, 4) is 5.88 Å². The Morgan fingerprint density at radius 1 is 1.22 bits per heavy atom. The molecule has 7 heteroatoms. The molecule has 1 amide bonds. The number of ether oxygens (including phenoxy) is 1. The first kappa shape index (κ1) is 17.3. The number of benzene rings is 1. The molecule has 27 heavy (non-hydrogen) atoms. The largest absolute Gasteiger partial charge is 0.471 e. The second-order valence-corrected chi connectivity index (χ2v) is 7.04. The second-order valence-electron chi connectivity index (χ2n) is 7.04. The summed E-state index contributed by atoms with van der Waals surface area (Å²) in [7, 11) is 3.83. The molecule has 1 fully saturated rings. The fraction of sp³-hybridized carbons (Fsp3) is 0.350. The first-order chi connectivity index (χ1) is 13.1. The van der Waals surface area contributed by atoms with Crippen molar-refractivity contribution in [2.75, 3.05) is 32.1 Å². The zero-order chi connectivity index (χ0) is 18.8. The van der Waals surface area contributed by atoms with E-state index in [9.17, 15) is 4.79 Å². The first-order valence-electron chi connectivity index (χ1n) is 9.14. The third-order valence-corrected chi connectivity index (χ3v) is 4.84. The monoisotopic (exact) mass is 365 g/mol. The molecular formula is C20H23N5O2. The van der Waals surface area contributed by atoms with Crippen LogP contribution in [0.2, 0.25) is 0 Å². The summed E-state index contributed by atoms with van der Waals surface area (Å²) in [6.45, 7) is 1.30. The molecule has 0 spiro atoms. The number of nitrogens with one attached hydrogen (secondary N) is 1. The quantitative estimate of drug-likeness (QED) is 0.769. The molecule has 1 unspecified atom stereocenters. The molecule has 3 heterocycles. The van der Waals surface area contributed by atoms with Crippen molar-refractivity contribution in [2.24, 2.45) is 0 Å². The lowest BCUT2D eigenvalue weighted by atomic mass is 10.1. The van der Waals surface area contributed by atoms with Crippen molar-refractivity contribution in [3.63, 3.8) is 0 Å². The van der Waals surface area contributed by atoms with Crippen LogP contribution in [0, 0.1) is 0 Å². The third-order valence-electron chi connectivity index (χ3n) is 4.84. The molecule has 0 bridgehead atoms. The number of anilines is 1. The normalized spacial score (nSPS) is 17.1. The Morgan fingerprint density at radius 3 is 2.89 bits per heavy atom. The predicted octanol–water partition coefficient (Wildman–Crippen LogP) is 2.71. The Balaban J connectivity index is 1.43. The van der Waals surface area contributed by atoms with E-state index in [1.165, 1.54) is 0 Å². The molecule has 1 aromatic carbocycles. The van der Waals surface area contributed by atoms with E-state index in [1.54, 1.807) is 0 Å². The number of piperidine rings is 1. The molecule has 0 radical (unpaired) electrons. The molecule has 0 saturated carbocycles. The van der Waals surface area contributed by atoms with Crippen LogP contribution in [-0.4, -0.2) is 59.3 Å². The predicted molar refractivity (Wildman–Crippen MR) is 104 cm³/mol. The number of hydrogen-bond acceptors (Lipinski definition) is 5. The number of aromatic nitrogens is 3. The van der Waals surface area contributed by atoms with Crippen LogP contribution in [0.5, 0.6) is 5.88 Å². The smallest absolute Gasteiger partial charge is 0.254 e. The fourth-order valence-corrected chi connectivity index (χ4v) is 3.37. The van der Waals surface area contributed by atoms with E-state index >= 15 is 0 Å². The summed E-state index contributed by atoms with van der Waals surface area (Å²) in [5, 5.41) is 9.31. The molecule has 4 rings (SSSR count). The van der Waals surface area contributed by atoms with E-state index in [1.807, 2.05) is 66.5 Å². The highest BCUT2D eigenvalue weighted by molar-refractivity contribution is 5.98. The third kappa shape index (κ3) is 3.72. The Bertz CT molecular complexity index is 935. The molecule has 1 atom stereocenters. The highest BCUT2D eigenvalue weighted by Crippen LogP contribution is 2.21. The van der Waals surface area contributed by atoms with Gasteiger partial charge in [-0.25, -0.2) is 0 Å². The van der Waals surface area contributed by atoms with Crippen molar-refractivity contribution in [1.82, 2.24) is 20.1 Å². The van der Waals surface area contributed by atoms with E-state index in [-0.39, 0.29) is 12.0 Å². The van der Waals surface area contributed by atoms with Crippen molar-refractivity contribution in [3.05, 3.63) is 48.2 Å². The van der Waals surface area contributed by atoms with Gasteiger partial charge in [0, 0.05) is 49.4 Å². The number of carbonyl (C=O) groups is 1. The number of likely N-dealkylation sites (tertiary alicyclic amines) is 1. The number of aromatic amines is 1. The minimum atomic E-state index is -0.0711. The lowest BCUT2D eigenvalue weighted by molar-refractivity contribution is 0.0526. The summed E-state index contributed by atoms with van der Waals surface area (Å²) in [5.41, 5.74) is 1.74. The van der Waals surface area contributed by atoms with Crippen LogP contribution in [-0.2, 0) is 0 Å². The van der Waals surface area contributed by atoms with E-state index in [4.69, 9.17) is 4.74 Å². The van der Waals surface area contributed by atoms with E-state index in [2.05, 4.69) is 15.2 Å². The van der Waals surface area contributed by atoms with Gasteiger partial charge >= 0.3 is 0 Å². The maximum atomic E-state index is 12.9. The highest BCUT2D eigenvalue weighted by atomic mass is 16.5. The number of rotatable bonds is 4. The number of nitrogens with zero attached hydrogens (tertiary/aromatic N) is 4. The lowest BCUT2D eigenvalue weighted by Gasteiger charge is -2.32. The summed E-state index contributed by atoms with van der Waals surface area (Å²) < 4.78 is 5.97. The molecule has 1 saturated heterocycles. The van der Waals surface area contributed by atoms with Crippen LogP contribution in [0.25, 0.3) is 10.9 Å². The number of fused-ring (bicyclic) bond motifs is 1. The van der Waals surface area contributed by atoms with E-state index in [0.29, 0.717) is 18.0 Å². The first-order valence-corrected chi connectivity index (χ1v) is 9.14. The average molecular weight is 365 g/mol. The molecule has 1 aliphatic heterocycles. The van der Waals surface area contributed by atoms with Crippen molar-refractivity contribution in [1.29, 1.82) is 0 Å². The number of H-pyrrole nitrogens is 1. The van der Waals surface area contributed by atoms with Crippen molar-refractivity contribution >= 4 is 22.6 Å². The summed E-state index contributed by atoms with van der Waals surface area (Å²) in [6, 6.07) is 11.4. The highest BCUT2D eigenvalue weighted by Gasteiger charge is 2.26. The molecular weight excluding hydrogens is 342 g/mol. The van der Waals surface area contributed by atoms with Gasteiger partial charge in [0.2, 0.25) is 5.88 Å². The standard InChI is InChI=1S/C20H23N5O2/c1-24(2)18-7-8-19(23-22-18)27-16-4-3-11-25(13-16)20(26)15-5-6-17-14(12-15)9-10-21-17/h5-10,12,16,21H,3-4,11,13H2,1-2H3. The van der Waals surface area contributed by atoms with Crippen LogP contribution in [0.15, 0.2) is 42.6 Å². The van der Waals surface area contributed by atoms with Crippen LogP contribution in [0.4, 0.5) is 5.82 Å². The van der Waals surface area contributed by atoms with Crippen LogP contribution in [0.1, 0.15) is 23.2 Å². The average Bonchev–Trinajstić information content (AvgIpc) is 3.16. The second kappa shape index (κ2) is 7.26.